The molecule has 1 rings (SSSR count). The molecule has 0 fully saturated rings. The number of hydrogen-bond donors (Lipinski definition) is 0. The summed E-state index contributed by atoms with van der Waals surface area (Å²) in [6.45, 7) is 0. The minimum absolute atomic E-state index is 0.536. The van der Waals surface area contributed by atoms with Crippen molar-refractivity contribution in [2.75, 3.05) is 0 Å². The summed E-state index contributed by atoms with van der Waals surface area (Å²) < 4.78 is 12.4. The summed E-state index contributed by atoms with van der Waals surface area (Å²) in [4.78, 5) is 66.3. The lowest BCUT2D eigenvalue weighted by molar-refractivity contribution is -0.155. The second-order valence-corrected chi connectivity index (χ2v) is 3.22. The summed E-state index contributed by atoms with van der Waals surface area (Å²) >= 11 is 0. The molecule has 0 N–H and O–H groups in total. The van der Waals surface area contributed by atoms with E-state index in [0.29, 0.717) is 36.5 Å². The van der Waals surface area contributed by atoms with Crippen LogP contribution in [0.3, 0.4) is 0 Å². The second kappa shape index (κ2) is 7.28. The minimum Gasteiger partial charge on any atom is -0.387 e. The van der Waals surface area contributed by atoms with Crippen molar-refractivity contribution in [3.8, 4) is 0 Å². The molecule has 0 aromatic heterocycles. The van der Waals surface area contributed by atoms with Gasteiger partial charge in [-0.3, -0.25) is 0 Å². The van der Waals surface area contributed by atoms with E-state index in [1.807, 2.05) is 0 Å². The highest BCUT2D eigenvalue weighted by molar-refractivity contribution is 6.05. The average Bonchev–Trinajstić information content (AvgIpc) is 2.40. The van der Waals surface area contributed by atoms with E-state index >= 15 is 0 Å². The van der Waals surface area contributed by atoms with Crippen LogP contribution in [0.2, 0.25) is 0 Å². The highest BCUT2D eigenvalue weighted by Gasteiger charge is 2.11. The van der Waals surface area contributed by atoms with Gasteiger partial charge in [-0.05, 0) is 0 Å². The van der Waals surface area contributed by atoms with Crippen LogP contribution in [-0.4, -0.2) is 35.8 Å². The SMILES string of the molecule is O=C1C=CC(=O)OC(=O)C=CC(=O)OC(=O)C=CC(=O)O1. The normalized spacial score (nSPS) is 17.7. The lowest BCUT2D eigenvalue weighted by atomic mass is 10.5. The average molecular weight is 294 g/mol. The monoisotopic (exact) mass is 294 g/mol. The van der Waals surface area contributed by atoms with Crippen LogP contribution in [0.25, 0.3) is 0 Å². The van der Waals surface area contributed by atoms with E-state index in [0.717, 1.165) is 0 Å². The first-order valence-corrected chi connectivity index (χ1v) is 5.18. The number of rotatable bonds is 0. The number of carbonyl (C=O) groups is 6. The predicted octanol–water partition coefficient (Wildman–Crippen LogP) is -1.12. The summed E-state index contributed by atoms with van der Waals surface area (Å²) in [5, 5.41) is 0. The number of esters is 6. The second-order valence-electron chi connectivity index (χ2n) is 3.22. The fraction of sp³-hybridized carbons (Fsp3) is 0. The molecule has 1 heterocycles. The highest BCUT2D eigenvalue weighted by atomic mass is 16.6. The molecular formula is C12H6O9. The van der Waals surface area contributed by atoms with Gasteiger partial charge in [-0.25, -0.2) is 28.8 Å². The van der Waals surface area contributed by atoms with Crippen molar-refractivity contribution < 1.29 is 43.0 Å². The van der Waals surface area contributed by atoms with Crippen molar-refractivity contribution in [2.24, 2.45) is 0 Å². The van der Waals surface area contributed by atoms with Crippen LogP contribution in [0.15, 0.2) is 36.5 Å². The molecule has 0 amide bonds. The van der Waals surface area contributed by atoms with E-state index in [-0.39, 0.29) is 0 Å². The van der Waals surface area contributed by atoms with Crippen LogP contribution in [0.1, 0.15) is 0 Å². The number of ether oxygens (including phenoxy) is 3. The van der Waals surface area contributed by atoms with Crippen LogP contribution in [0.5, 0.6) is 0 Å². The molecule has 0 bridgehead atoms. The van der Waals surface area contributed by atoms with Gasteiger partial charge in [-0.15, -0.1) is 0 Å². The Morgan fingerprint density at radius 2 is 0.524 bits per heavy atom. The zero-order valence-electron chi connectivity index (χ0n) is 10.1. The van der Waals surface area contributed by atoms with Crippen molar-refractivity contribution in [3.05, 3.63) is 36.5 Å². The Bertz CT molecular complexity index is 473. The Kier molecular flexibility index (Phi) is 5.44. The van der Waals surface area contributed by atoms with Crippen molar-refractivity contribution in [1.82, 2.24) is 0 Å². The van der Waals surface area contributed by atoms with Gasteiger partial charge in [0, 0.05) is 36.5 Å². The maximum Gasteiger partial charge on any atom is 0.338 e. The van der Waals surface area contributed by atoms with Crippen LogP contribution < -0.4 is 0 Å². The van der Waals surface area contributed by atoms with E-state index < -0.39 is 35.8 Å². The van der Waals surface area contributed by atoms with Crippen LogP contribution >= 0.6 is 0 Å². The summed E-state index contributed by atoms with van der Waals surface area (Å²) in [5.74, 6) is -7.39. The predicted molar refractivity (Wildman–Crippen MR) is 60.7 cm³/mol. The molecule has 21 heavy (non-hydrogen) atoms. The minimum atomic E-state index is -1.23. The van der Waals surface area contributed by atoms with Crippen LogP contribution in [-0.2, 0) is 43.0 Å². The first-order chi connectivity index (χ1) is 9.86. The molecule has 0 aromatic carbocycles. The Morgan fingerprint density at radius 1 is 0.381 bits per heavy atom. The van der Waals surface area contributed by atoms with Gasteiger partial charge in [0.15, 0.2) is 0 Å². The molecule has 0 atom stereocenters. The molecule has 0 unspecified atom stereocenters. The van der Waals surface area contributed by atoms with E-state index in [1.165, 1.54) is 0 Å². The molecule has 0 saturated heterocycles. The molecule has 9 heteroatoms. The summed E-state index contributed by atoms with van der Waals surface area (Å²) in [5.41, 5.74) is 0. The third-order valence-electron chi connectivity index (χ3n) is 1.67. The topological polar surface area (TPSA) is 130 Å². The maximum absolute atomic E-state index is 11.1. The summed E-state index contributed by atoms with van der Waals surface area (Å²) in [7, 11) is 0. The van der Waals surface area contributed by atoms with Gasteiger partial charge in [0.1, 0.15) is 0 Å². The Balaban J connectivity index is 2.95. The lowest BCUT2D eigenvalue weighted by Gasteiger charge is -1.94. The van der Waals surface area contributed by atoms with E-state index in [2.05, 4.69) is 14.2 Å². The molecule has 0 saturated carbocycles. The molecule has 1 aliphatic heterocycles. The molecule has 108 valence electrons. The van der Waals surface area contributed by atoms with Gasteiger partial charge in [0.05, 0.1) is 0 Å². The van der Waals surface area contributed by atoms with Gasteiger partial charge in [-0.2, -0.15) is 0 Å². The van der Waals surface area contributed by atoms with Crippen molar-refractivity contribution >= 4 is 35.8 Å². The fourth-order valence-electron chi connectivity index (χ4n) is 0.910. The zero-order chi connectivity index (χ0) is 15.8. The first kappa shape index (κ1) is 15.7. The van der Waals surface area contributed by atoms with Gasteiger partial charge < -0.3 is 14.2 Å². The summed E-state index contributed by atoms with van der Waals surface area (Å²) in [6, 6.07) is 0. The van der Waals surface area contributed by atoms with Crippen LogP contribution in [0, 0.1) is 0 Å². The summed E-state index contributed by atoms with van der Waals surface area (Å²) in [6.07, 6.45) is 3.22. The first-order valence-electron chi connectivity index (χ1n) is 5.18. The third kappa shape index (κ3) is 6.38. The van der Waals surface area contributed by atoms with E-state index in [1.54, 1.807) is 0 Å². The largest absolute Gasteiger partial charge is 0.387 e. The fourth-order valence-corrected chi connectivity index (χ4v) is 0.910. The maximum atomic E-state index is 11.1. The van der Waals surface area contributed by atoms with Crippen LogP contribution in [0.4, 0.5) is 0 Å². The van der Waals surface area contributed by atoms with Gasteiger partial charge in [0.25, 0.3) is 0 Å². The standard InChI is InChI=1S/C12H6O9/c13-7-1-2-8(14)20-10(16)5-6-12(18)21-11(17)4-3-9(15)19-7/h1-6H. The Labute approximate surface area is 116 Å². The van der Waals surface area contributed by atoms with Gasteiger partial charge in [0.2, 0.25) is 0 Å². The Hall–Kier alpha value is -3.36. The van der Waals surface area contributed by atoms with Gasteiger partial charge in [-0.1, -0.05) is 0 Å². The van der Waals surface area contributed by atoms with Gasteiger partial charge >= 0.3 is 35.8 Å². The van der Waals surface area contributed by atoms with Crippen molar-refractivity contribution in [3.63, 3.8) is 0 Å². The molecule has 0 radical (unpaired) electrons. The lowest BCUT2D eigenvalue weighted by Crippen LogP contribution is -2.10. The molecule has 1 aliphatic rings. The molecule has 0 aliphatic carbocycles. The Morgan fingerprint density at radius 3 is 0.667 bits per heavy atom. The molecular weight excluding hydrogens is 288 g/mol. The van der Waals surface area contributed by atoms with E-state index in [4.69, 9.17) is 0 Å². The number of cyclic esters (lactones) is 6. The molecule has 0 spiro atoms. The quantitative estimate of drug-likeness (QED) is 0.309. The van der Waals surface area contributed by atoms with E-state index in [9.17, 15) is 28.8 Å². The van der Waals surface area contributed by atoms with Crippen molar-refractivity contribution in [2.45, 2.75) is 0 Å². The molecule has 0 aromatic rings. The highest BCUT2D eigenvalue weighted by Crippen LogP contribution is 1.93. The number of carbonyl (C=O) groups excluding carboxylic acids is 6. The van der Waals surface area contributed by atoms with Crippen molar-refractivity contribution in [1.29, 1.82) is 0 Å². The smallest absolute Gasteiger partial charge is 0.338 e. The number of hydrogen-bond acceptors (Lipinski definition) is 9. The zero-order valence-corrected chi connectivity index (χ0v) is 10.1. The molecule has 9 nitrogen and oxygen atoms in total. The third-order valence-corrected chi connectivity index (χ3v) is 1.67.